The van der Waals surface area contributed by atoms with Crippen LogP contribution in [0.3, 0.4) is 0 Å². The predicted molar refractivity (Wildman–Crippen MR) is 155 cm³/mol. The van der Waals surface area contributed by atoms with Crippen LogP contribution in [0.25, 0.3) is 5.69 Å². The van der Waals surface area contributed by atoms with Gasteiger partial charge in [-0.15, -0.1) is 10.2 Å². The van der Waals surface area contributed by atoms with Crippen molar-refractivity contribution in [3.8, 4) is 5.69 Å². The Morgan fingerprint density at radius 2 is 1.45 bits per heavy atom. The minimum Gasteiger partial charge on any atom is -0.378 e. The summed E-state index contributed by atoms with van der Waals surface area (Å²) >= 11 is 1.41. The second kappa shape index (κ2) is 11.8. The molecule has 0 saturated carbocycles. The fraction of sp³-hybridized carbons (Fsp3) is 0.129. The number of nitrogens with one attached hydrogen (secondary N) is 1. The van der Waals surface area contributed by atoms with Gasteiger partial charge in [0, 0.05) is 22.7 Å². The quantitative estimate of drug-likeness (QED) is 0.212. The van der Waals surface area contributed by atoms with Crippen LogP contribution in [-0.4, -0.2) is 25.9 Å². The van der Waals surface area contributed by atoms with Crippen molar-refractivity contribution in [3.63, 3.8) is 0 Å². The first-order valence-electron chi connectivity index (χ1n) is 12.5. The summed E-state index contributed by atoms with van der Waals surface area (Å²) in [6.45, 7) is 4.48. The van der Waals surface area contributed by atoms with Crippen LogP contribution in [0.15, 0.2) is 120 Å². The van der Waals surface area contributed by atoms with Crippen molar-refractivity contribution in [2.24, 2.45) is 0 Å². The van der Waals surface area contributed by atoms with Gasteiger partial charge in [-0.3, -0.25) is 14.3 Å². The molecule has 38 heavy (non-hydrogen) atoms. The normalized spacial score (nSPS) is 11.6. The maximum atomic E-state index is 13.9. The highest BCUT2D eigenvalue weighted by Gasteiger charge is 2.27. The number of para-hydroxylation sites is 3. The maximum absolute atomic E-state index is 13.9. The van der Waals surface area contributed by atoms with E-state index in [2.05, 4.69) is 34.6 Å². The van der Waals surface area contributed by atoms with Gasteiger partial charge in [-0.05, 0) is 67.9 Å². The third kappa shape index (κ3) is 5.79. The highest BCUT2D eigenvalue weighted by atomic mass is 32.2. The SMILES string of the molecule is Cc1cccc(NCc2nnc(S[C@H](C)C(=O)N(c3ccccc3)c3ccccc3)n2-c2ccccc2)c1. The Kier molecular flexibility index (Phi) is 7.85. The van der Waals surface area contributed by atoms with Gasteiger partial charge >= 0.3 is 0 Å². The smallest absolute Gasteiger partial charge is 0.244 e. The van der Waals surface area contributed by atoms with Crippen LogP contribution in [0.2, 0.25) is 0 Å². The molecule has 1 aromatic heterocycles. The Morgan fingerprint density at radius 1 is 0.842 bits per heavy atom. The van der Waals surface area contributed by atoms with Gasteiger partial charge < -0.3 is 5.32 Å². The fourth-order valence-electron chi connectivity index (χ4n) is 4.21. The molecule has 1 N–H and O–H groups in total. The number of amides is 1. The molecule has 190 valence electrons. The van der Waals surface area contributed by atoms with Crippen LogP contribution in [0.5, 0.6) is 0 Å². The average Bonchev–Trinajstić information content (AvgIpc) is 3.36. The van der Waals surface area contributed by atoms with E-state index < -0.39 is 5.25 Å². The molecule has 6 nitrogen and oxygen atoms in total. The molecule has 0 aliphatic carbocycles. The van der Waals surface area contributed by atoms with Crippen molar-refractivity contribution in [1.82, 2.24) is 14.8 Å². The van der Waals surface area contributed by atoms with Crippen molar-refractivity contribution in [2.45, 2.75) is 30.8 Å². The van der Waals surface area contributed by atoms with E-state index in [9.17, 15) is 4.79 Å². The van der Waals surface area contributed by atoms with Crippen molar-refractivity contribution in [2.75, 3.05) is 10.2 Å². The van der Waals surface area contributed by atoms with Gasteiger partial charge in [0.15, 0.2) is 11.0 Å². The lowest BCUT2D eigenvalue weighted by molar-refractivity contribution is -0.117. The monoisotopic (exact) mass is 519 g/mol. The number of carbonyl (C=O) groups is 1. The second-order valence-electron chi connectivity index (χ2n) is 8.90. The van der Waals surface area contributed by atoms with Crippen molar-refractivity contribution < 1.29 is 4.79 Å². The molecule has 5 rings (SSSR count). The fourth-order valence-corrected chi connectivity index (χ4v) is 5.14. The molecule has 1 atom stereocenters. The zero-order valence-electron chi connectivity index (χ0n) is 21.4. The molecule has 0 bridgehead atoms. The van der Waals surface area contributed by atoms with Crippen LogP contribution in [-0.2, 0) is 11.3 Å². The molecule has 0 fully saturated rings. The minimum absolute atomic E-state index is 0.0329. The van der Waals surface area contributed by atoms with Gasteiger partial charge in [0.2, 0.25) is 5.91 Å². The summed E-state index contributed by atoms with van der Waals surface area (Å²) in [7, 11) is 0. The van der Waals surface area contributed by atoms with E-state index in [1.54, 1.807) is 4.90 Å². The number of aryl methyl sites for hydroxylation is 1. The average molecular weight is 520 g/mol. The number of hydrogen-bond acceptors (Lipinski definition) is 5. The van der Waals surface area contributed by atoms with E-state index in [0.717, 1.165) is 28.6 Å². The van der Waals surface area contributed by atoms with Gasteiger partial charge in [0.1, 0.15) is 0 Å². The number of aromatic nitrogens is 3. The molecule has 0 aliphatic heterocycles. The van der Waals surface area contributed by atoms with Crippen LogP contribution >= 0.6 is 11.8 Å². The largest absolute Gasteiger partial charge is 0.378 e. The van der Waals surface area contributed by atoms with Crippen LogP contribution < -0.4 is 10.2 Å². The first kappa shape index (κ1) is 25.3. The van der Waals surface area contributed by atoms with Crippen LogP contribution in [0.4, 0.5) is 17.1 Å². The standard InChI is InChI=1S/C31H29N5OS/c1-23-13-12-14-25(21-23)32-22-29-33-34-31(36(29)28-19-10-5-11-20-28)38-24(2)30(37)35(26-15-6-3-7-16-26)27-17-8-4-9-18-27/h3-21,24,32H,22H2,1-2H3/t24-/m1/s1. The summed E-state index contributed by atoms with van der Waals surface area (Å²) in [4.78, 5) is 15.6. The zero-order chi connectivity index (χ0) is 26.3. The second-order valence-corrected chi connectivity index (χ2v) is 10.2. The molecular weight excluding hydrogens is 490 g/mol. The van der Waals surface area contributed by atoms with E-state index in [1.807, 2.05) is 115 Å². The number of rotatable bonds is 9. The third-order valence-corrected chi connectivity index (χ3v) is 7.09. The Labute approximate surface area is 227 Å². The number of anilines is 3. The van der Waals surface area contributed by atoms with Crippen LogP contribution in [0, 0.1) is 6.92 Å². The molecule has 4 aromatic carbocycles. The van der Waals surface area contributed by atoms with Gasteiger partial charge in [-0.1, -0.05) is 78.5 Å². The van der Waals surface area contributed by atoms with E-state index in [0.29, 0.717) is 11.7 Å². The number of thioether (sulfide) groups is 1. The lowest BCUT2D eigenvalue weighted by Crippen LogP contribution is -2.33. The first-order valence-corrected chi connectivity index (χ1v) is 13.4. The molecular formula is C31H29N5OS. The first-order chi connectivity index (χ1) is 18.6. The molecule has 5 aromatic rings. The summed E-state index contributed by atoms with van der Waals surface area (Å²) in [6.07, 6.45) is 0. The summed E-state index contributed by atoms with van der Waals surface area (Å²) in [6, 6.07) is 37.7. The molecule has 0 aliphatic rings. The van der Waals surface area contributed by atoms with E-state index in [1.165, 1.54) is 17.3 Å². The van der Waals surface area contributed by atoms with Gasteiger partial charge in [0.25, 0.3) is 0 Å². The molecule has 0 unspecified atom stereocenters. The Morgan fingerprint density at radius 3 is 2.05 bits per heavy atom. The molecule has 1 amide bonds. The third-order valence-electron chi connectivity index (χ3n) is 6.06. The van der Waals surface area contributed by atoms with Crippen molar-refractivity contribution in [1.29, 1.82) is 0 Å². The lowest BCUT2D eigenvalue weighted by Gasteiger charge is -2.26. The molecule has 1 heterocycles. The maximum Gasteiger partial charge on any atom is 0.244 e. The zero-order valence-corrected chi connectivity index (χ0v) is 22.2. The summed E-state index contributed by atoms with van der Waals surface area (Å²) in [5, 5.41) is 12.7. The number of nitrogens with zero attached hydrogens (tertiary/aromatic N) is 4. The Hall–Kier alpha value is -4.36. The van der Waals surface area contributed by atoms with Crippen molar-refractivity contribution in [3.05, 3.63) is 127 Å². The van der Waals surface area contributed by atoms with E-state index >= 15 is 0 Å². The Bertz CT molecular complexity index is 1450. The highest BCUT2D eigenvalue weighted by Crippen LogP contribution is 2.32. The molecule has 0 saturated heterocycles. The summed E-state index contributed by atoms with van der Waals surface area (Å²) in [5.41, 5.74) is 4.80. The highest BCUT2D eigenvalue weighted by molar-refractivity contribution is 8.00. The molecule has 0 spiro atoms. The lowest BCUT2D eigenvalue weighted by atomic mass is 10.2. The summed E-state index contributed by atoms with van der Waals surface area (Å²) in [5.74, 6) is 0.734. The number of carbonyl (C=O) groups excluding carboxylic acids is 1. The van der Waals surface area contributed by atoms with Crippen molar-refractivity contribution >= 4 is 34.7 Å². The minimum atomic E-state index is -0.417. The van der Waals surface area contributed by atoms with Gasteiger partial charge in [0.05, 0.1) is 11.8 Å². The topological polar surface area (TPSA) is 63.1 Å². The van der Waals surface area contributed by atoms with Crippen LogP contribution in [0.1, 0.15) is 18.3 Å². The predicted octanol–water partition coefficient (Wildman–Crippen LogP) is 7.03. The summed E-state index contributed by atoms with van der Waals surface area (Å²) < 4.78 is 2.02. The molecule has 0 radical (unpaired) electrons. The Balaban J connectivity index is 1.43. The van der Waals surface area contributed by atoms with E-state index in [4.69, 9.17) is 0 Å². The van der Waals surface area contributed by atoms with E-state index in [-0.39, 0.29) is 5.91 Å². The number of benzene rings is 4. The van der Waals surface area contributed by atoms with Gasteiger partial charge in [-0.2, -0.15) is 0 Å². The van der Waals surface area contributed by atoms with Gasteiger partial charge in [-0.25, -0.2) is 0 Å². The number of hydrogen-bond donors (Lipinski definition) is 1. The molecule has 7 heteroatoms.